The maximum absolute atomic E-state index is 5.89. The van der Waals surface area contributed by atoms with E-state index in [0.717, 1.165) is 24.1 Å². The van der Waals surface area contributed by atoms with Crippen molar-refractivity contribution in [1.82, 2.24) is 0 Å². The minimum atomic E-state index is 0.262. The largest absolute Gasteiger partial charge is 0.386 e. The minimum Gasteiger partial charge on any atom is -0.386 e. The highest BCUT2D eigenvalue weighted by molar-refractivity contribution is 8.01. The lowest BCUT2D eigenvalue weighted by Gasteiger charge is -2.48. The van der Waals surface area contributed by atoms with Crippen molar-refractivity contribution in [2.45, 2.75) is 24.5 Å². The zero-order chi connectivity index (χ0) is 7.90. The standard InChI is InChI=1S/C8H14N2S/c1-6-2-3-8(6)7(9)10-4-5-11-8/h6H,2-5H2,1H3,(H2,9,10). The summed E-state index contributed by atoms with van der Waals surface area (Å²) in [6.07, 6.45) is 2.57. The maximum Gasteiger partial charge on any atom is 0.110 e. The number of amidine groups is 1. The SMILES string of the molecule is CC1CCC12SCCN=C2N. The molecule has 2 unspecified atom stereocenters. The first-order valence-electron chi connectivity index (χ1n) is 4.20. The topological polar surface area (TPSA) is 38.4 Å². The molecule has 1 spiro atoms. The van der Waals surface area contributed by atoms with E-state index >= 15 is 0 Å². The van der Waals surface area contributed by atoms with E-state index in [2.05, 4.69) is 11.9 Å². The molecule has 62 valence electrons. The zero-order valence-electron chi connectivity index (χ0n) is 6.84. The van der Waals surface area contributed by atoms with Crippen LogP contribution in [0.4, 0.5) is 0 Å². The van der Waals surface area contributed by atoms with E-state index < -0.39 is 0 Å². The van der Waals surface area contributed by atoms with Gasteiger partial charge in [0.2, 0.25) is 0 Å². The fourth-order valence-electron chi connectivity index (χ4n) is 1.89. The molecule has 0 amide bonds. The number of nitrogens with two attached hydrogens (primary N) is 1. The molecule has 0 saturated heterocycles. The molecule has 2 rings (SSSR count). The highest BCUT2D eigenvalue weighted by Crippen LogP contribution is 2.50. The molecular formula is C8H14N2S. The predicted molar refractivity (Wildman–Crippen MR) is 50.1 cm³/mol. The van der Waals surface area contributed by atoms with E-state index in [1.807, 2.05) is 11.8 Å². The summed E-state index contributed by atoms with van der Waals surface area (Å²) in [5.41, 5.74) is 5.89. The molecule has 1 aliphatic heterocycles. The molecule has 2 aliphatic rings. The van der Waals surface area contributed by atoms with Gasteiger partial charge in [-0.05, 0) is 18.8 Å². The van der Waals surface area contributed by atoms with Crippen molar-refractivity contribution in [2.24, 2.45) is 16.6 Å². The summed E-state index contributed by atoms with van der Waals surface area (Å²) >= 11 is 2.01. The maximum atomic E-state index is 5.89. The number of hydrogen-bond acceptors (Lipinski definition) is 3. The highest BCUT2D eigenvalue weighted by atomic mass is 32.2. The molecule has 0 aromatic heterocycles. The lowest BCUT2D eigenvalue weighted by atomic mass is 9.73. The lowest BCUT2D eigenvalue weighted by Crippen LogP contribution is -2.55. The van der Waals surface area contributed by atoms with Crippen molar-refractivity contribution in [3.63, 3.8) is 0 Å². The van der Waals surface area contributed by atoms with Gasteiger partial charge in [-0.1, -0.05) is 6.92 Å². The summed E-state index contributed by atoms with van der Waals surface area (Å²) < 4.78 is 0.262. The van der Waals surface area contributed by atoms with Crippen LogP contribution in [0.3, 0.4) is 0 Å². The first-order valence-corrected chi connectivity index (χ1v) is 5.18. The van der Waals surface area contributed by atoms with Gasteiger partial charge in [-0.25, -0.2) is 0 Å². The Morgan fingerprint density at radius 2 is 2.55 bits per heavy atom. The van der Waals surface area contributed by atoms with Gasteiger partial charge in [-0.3, -0.25) is 4.99 Å². The number of hydrogen-bond donors (Lipinski definition) is 1. The van der Waals surface area contributed by atoms with Crippen molar-refractivity contribution >= 4 is 17.6 Å². The van der Waals surface area contributed by atoms with Gasteiger partial charge < -0.3 is 5.73 Å². The second kappa shape index (κ2) is 2.41. The fourth-order valence-corrected chi connectivity index (χ4v) is 3.32. The van der Waals surface area contributed by atoms with E-state index in [0.29, 0.717) is 0 Å². The summed E-state index contributed by atoms with van der Waals surface area (Å²) in [4.78, 5) is 4.33. The summed E-state index contributed by atoms with van der Waals surface area (Å²) in [5, 5.41) is 0. The van der Waals surface area contributed by atoms with Crippen LogP contribution < -0.4 is 5.73 Å². The van der Waals surface area contributed by atoms with Crippen molar-refractivity contribution in [3.05, 3.63) is 0 Å². The Balaban J connectivity index is 2.23. The average molecular weight is 170 g/mol. The number of rotatable bonds is 0. The number of aliphatic imine (C=N–C) groups is 1. The summed E-state index contributed by atoms with van der Waals surface area (Å²) in [5.74, 6) is 2.81. The zero-order valence-corrected chi connectivity index (χ0v) is 7.66. The van der Waals surface area contributed by atoms with Crippen molar-refractivity contribution in [2.75, 3.05) is 12.3 Å². The fraction of sp³-hybridized carbons (Fsp3) is 0.875. The molecule has 0 bridgehead atoms. The molecular weight excluding hydrogens is 156 g/mol. The number of thioether (sulfide) groups is 1. The number of nitrogens with zero attached hydrogens (tertiary/aromatic N) is 1. The third-order valence-electron chi connectivity index (χ3n) is 2.91. The van der Waals surface area contributed by atoms with Gasteiger partial charge in [0.05, 0.1) is 11.3 Å². The van der Waals surface area contributed by atoms with Gasteiger partial charge in [-0.15, -0.1) is 11.8 Å². The van der Waals surface area contributed by atoms with Crippen LogP contribution in [0.1, 0.15) is 19.8 Å². The van der Waals surface area contributed by atoms with Crippen LogP contribution in [0.2, 0.25) is 0 Å². The monoisotopic (exact) mass is 170 g/mol. The van der Waals surface area contributed by atoms with Gasteiger partial charge in [0.1, 0.15) is 5.84 Å². The van der Waals surface area contributed by atoms with Gasteiger partial charge in [0.15, 0.2) is 0 Å². The van der Waals surface area contributed by atoms with Crippen LogP contribution in [0.15, 0.2) is 4.99 Å². The van der Waals surface area contributed by atoms with Gasteiger partial charge in [-0.2, -0.15) is 0 Å². The molecule has 2 N–H and O–H groups in total. The Labute approximate surface area is 71.6 Å². The Bertz CT molecular complexity index is 202. The van der Waals surface area contributed by atoms with Crippen molar-refractivity contribution < 1.29 is 0 Å². The average Bonchev–Trinajstić information content (AvgIpc) is 2.03. The Morgan fingerprint density at radius 1 is 1.73 bits per heavy atom. The summed E-state index contributed by atoms with van der Waals surface area (Å²) in [6, 6.07) is 0. The minimum absolute atomic E-state index is 0.262. The molecule has 1 fully saturated rings. The first kappa shape index (κ1) is 7.47. The smallest absolute Gasteiger partial charge is 0.110 e. The molecule has 2 atom stereocenters. The Hall–Kier alpha value is -0.180. The van der Waals surface area contributed by atoms with Gasteiger partial charge in [0, 0.05) is 5.75 Å². The summed E-state index contributed by atoms with van der Waals surface area (Å²) in [7, 11) is 0. The molecule has 0 aromatic rings. The predicted octanol–water partition coefficient (Wildman–Crippen LogP) is 1.26. The van der Waals surface area contributed by atoms with Gasteiger partial charge in [0.25, 0.3) is 0 Å². The Morgan fingerprint density at radius 3 is 2.91 bits per heavy atom. The normalized spacial score (nSPS) is 43.4. The third-order valence-corrected chi connectivity index (χ3v) is 4.63. The third kappa shape index (κ3) is 0.901. The summed E-state index contributed by atoms with van der Waals surface area (Å²) in [6.45, 7) is 3.20. The second-order valence-electron chi connectivity index (χ2n) is 3.44. The van der Waals surface area contributed by atoms with Crippen LogP contribution in [-0.4, -0.2) is 22.9 Å². The Kier molecular flexibility index (Phi) is 1.63. The lowest BCUT2D eigenvalue weighted by molar-refractivity contribution is 0.305. The first-order chi connectivity index (χ1) is 5.26. The van der Waals surface area contributed by atoms with Crippen LogP contribution in [0.5, 0.6) is 0 Å². The van der Waals surface area contributed by atoms with Gasteiger partial charge >= 0.3 is 0 Å². The molecule has 1 saturated carbocycles. The molecule has 2 nitrogen and oxygen atoms in total. The molecule has 3 heteroatoms. The van der Waals surface area contributed by atoms with E-state index in [1.54, 1.807) is 0 Å². The molecule has 1 aliphatic carbocycles. The van der Waals surface area contributed by atoms with E-state index in [-0.39, 0.29) is 4.75 Å². The highest BCUT2D eigenvalue weighted by Gasteiger charge is 2.48. The van der Waals surface area contributed by atoms with Crippen LogP contribution >= 0.6 is 11.8 Å². The molecule has 11 heavy (non-hydrogen) atoms. The van der Waals surface area contributed by atoms with Crippen molar-refractivity contribution in [3.8, 4) is 0 Å². The molecule has 0 radical (unpaired) electrons. The second-order valence-corrected chi connectivity index (χ2v) is 4.87. The van der Waals surface area contributed by atoms with Crippen molar-refractivity contribution in [1.29, 1.82) is 0 Å². The molecule has 0 aromatic carbocycles. The van der Waals surface area contributed by atoms with E-state index in [4.69, 9.17) is 5.73 Å². The quantitative estimate of drug-likeness (QED) is 0.594. The van der Waals surface area contributed by atoms with Crippen LogP contribution in [-0.2, 0) is 0 Å². The van der Waals surface area contributed by atoms with E-state index in [1.165, 1.54) is 12.8 Å². The van der Waals surface area contributed by atoms with Crippen LogP contribution in [0, 0.1) is 5.92 Å². The molecule has 1 heterocycles. The van der Waals surface area contributed by atoms with Crippen LogP contribution in [0.25, 0.3) is 0 Å². The van der Waals surface area contributed by atoms with E-state index in [9.17, 15) is 0 Å².